The standard InChI is InChI=1S/C15H13ClF2N2O/c1-20(8-9-7-10(19)5-6-11(9)16)15(21)14-12(17)3-2-4-13(14)18/h2-7H,8,19H2,1H3. The molecule has 3 nitrogen and oxygen atoms in total. The average Bonchev–Trinajstić information content (AvgIpc) is 2.42. The van der Waals surface area contributed by atoms with Crippen LogP contribution in [0.15, 0.2) is 36.4 Å². The maximum Gasteiger partial charge on any atom is 0.259 e. The van der Waals surface area contributed by atoms with Crippen molar-refractivity contribution < 1.29 is 13.6 Å². The van der Waals surface area contributed by atoms with E-state index in [4.69, 9.17) is 17.3 Å². The van der Waals surface area contributed by atoms with Crippen molar-refractivity contribution in [3.05, 3.63) is 64.2 Å². The molecule has 0 spiro atoms. The molecule has 2 rings (SSSR count). The molecule has 0 bridgehead atoms. The van der Waals surface area contributed by atoms with Gasteiger partial charge < -0.3 is 10.6 Å². The quantitative estimate of drug-likeness (QED) is 0.882. The minimum absolute atomic E-state index is 0.0937. The zero-order chi connectivity index (χ0) is 15.6. The van der Waals surface area contributed by atoms with Gasteiger partial charge in [-0.05, 0) is 35.9 Å². The number of hydrogen-bond acceptors (Lipinski definition) is 2. The summed E-state index contributed by atoms with van der Waals surface area (Å²) in [5, 5.41) is 0.429. The van der Waals surface area contributed by atoms with Crippen LogP contribution in [-0.4, -0.2) is 17.9 Å². The van der Waals surface area contributed by atoms with Crippen LogP contribution < -0.4 is 5.73 Å². The van der Waals surface area contributed by atoms with Crippen LogP contribution in [0.25, 0.3) is 0 Å². The lowest BCUT2D eigenvalue weighted by Crippen LogP contribution is -2.28. The first-order valence-electron chi connectivity index (χ1n) is 6.13. The number of halogens is 3. The first-order chi connectivity index (χ1) is 9.90. The number of benzene rings is 2. The van der Waals surface area contributed by atoms with Gasteiger partial charge in [-0.25, -0.2) is 8.78 Å². The van der Waals surface area contributed by atoms with Crippen molar-refractivity contribution in [3.8, 4) is 0 Å². The Morgan fingerprint density at radius 1 is 1.24 bits per heavy atom. The topological polar surface area (TPSA) is 46.3 Å². The molecule has 0 aromatic heterocycles. The average molecular weight is 311 g/mol. The second-order valence-corrected chi connectivity index (χ2v) is 5.02. The van der Waals surface area contributed by atoms with Gasteiger partial charge in [-0.1, -0.05) is 17.7 Å². The third kappa shape index (κ3) is 3.31. The summed E-state index contributed by atoms with van der Waals surface area (Å²) >= 11 is 6.01. The van der Waals surface area contributed by atoms with Gasteiger partial charge in [0.1, 0.15) is 17.2 Å². The fourth-order valence-electron chi connectivity index (χ4n) is 1.94. The number of hydrogen-bond donors (Lipinski definition) is 1. The molecule has 6 heteroatoms. The molecule has 0 radical (unpaired) electrons. The number of nitrogen functional groups attached to an aromatic ring is 1. The third-order valence-corrected chi connectivity index (χ3v) is 3.37. The van der Waals surface area contributed by atoms with Crippen molar-refractivity contribution in [1.29, 1.82) is 0 Å². The van der Waals surface area contributed by atoms with Gasteiger partial charge >= 0.3 is 0 Å². The Morgan fingerprint density at radius 2 is 1.86 bits per heavy atom. The maximum absolute atomic E-state index is 13.6. The molecule has 0 atom stereocenters. The van der Waals surface area contributed by atoms with Gasteiger partial charge in [0.25, 0.3) is 5.91 Å². The summed E-state index contributed by atoms with van der Waals surface area (Å²) in [6.45, 7) is 0.0937. The van der Waals surface area contributed by atoms with E-state index in [1.165, 1.54) is 18.0 Å². The molecule has 0 saturated heterocycles. The number of carbonyl (C=O) groups excluding carboxylic acids is 1. The lowest BCUT2D eigenvalue weighted by atomic mass is 10.1. The molecular weight excluding hydrogens is 298 g/mol. The molecule has 0 unspecified atom stereocenters. The van der Waals surface area contributed by atoms with Gasteiger partial charge in [0.05, 0.1) is 0 Å². The zero-order valence-corrected chi connectivity index (χ0v) is 12.0. The molecular formula is C15H13ClF2N2O. The van der Waals surface area contributed by atoms with Crippen molar-refractivity contribution in [3.63, 3.8) is 0 Å². The molecule has 110 valence electrons. The Morgan fingerprint density at radius 3 is 2.48 bits per heavy atom. The van der Waals surface area contributed by atoms with E-state index in [0.717, 1.165) is 12.1 Å². The number of amides is 1. The highest BCUT2D eigenvalue weighted by Gasteiger charge is 2.21. The van der Waals surface area contributed by atoms with Gasteiger partial charge in [0.15, 0.2) is 0 Å². The minimum atomic E-state index is -0.898. The van der Waals surface area contributed by atoms with Gasteiger partial charge in [0.2, 0.25) is 0 Å². The van der Waals surface area contributed by atoms with E-state index in [9.17, 15) is 13.6 Å². The summed E-state index contributed by atoms with van der Waals surface area (Å²) < 4.78 is 27.2. The Kier molecular flexibility index (Phi) is 4.43. The molecule has 0 saturated carbocycles. The largest absolute Gasteiger partial charge is 0.399 e. The summed E-state index contributed by atoms with van der Waals surface area (Å²) in [4.78, 5) is 13.3. The van der Waals surface area contributed by atoms with Crippen molar-refractivity contribution in [2.24, 2.45) is 0 Å². The Labute approximate surface area is 125 Å². The summed E-state index contributed by atoms with van der Waals surface area (Å²) in [5.74, 6) is -2.56. The van der Waals surface area contributed by atoms with E-state index < -0.39 is 23.1 Å². The molecule has 0 aliphatic rings. The van der Waals surface area contributed by atoms with Gasteiger partial charge in [-0.2, -0.15) is 0 Å². The SMILES string of the molecule is CN(Cc1cc(N)ccc1Cl)C(=O)c1c(F)cccc1F. The first kappa shape index (κ1) is 15.3. The van der Waals surface area contributed by atoms with Crippen LogP contribution in [0, 0.1) is 11.6 Å². The van der Waals surface area contributed by atoms with E-state index in [0.29, 0.717) is 16.3 Å². The Balaban J connectivity index is 2.26. The molecule has 0 aliphatic carbocycles. The number of carbonyl (C=O) groups is 1. The van der Waals surface area contributed by atoms with Crippen LogP contribution in [0.2, 0.25) is 5.02 Å². The lowest BCUT2D eigenvalue weighted by molar-refractivity contribution is 0.0775. The highest BCUT2D eigenvalue weighted by atomic mass is 35.5. The van der Waals surface area contributed by atoms with Crippen LogP contribution in [0.3, 0.4) is 0 Å². The minimum Gasteiger partial charge on any atom is -0.399 e. The fraction of sp³-hybridized carbons (Fsp3) is 0.133. The van der Waals surface area contributed by atoms with Crippen LogP contribution in [0.4, 0.5) is 14.5 Å². The summed E-state index contributed by atoms with van der Waals surface area (Å²) in [6, 6.07) is 8.13. The normalized spacial score (nSPS) is 10.5. The van der Waals surface area contributed by atoms with Crippen molar-refractivity contribution in [2.75, 3.05) is 12.8 Å². The van der Waals surface area contributed by atoms with Crippen LogP contribution in [0.1, 0.15) is 15.9 Å². The van der Waals surface area contributed by atoms with Crippen molar-refractivity contribution in [1.82, 2.24) is 4.90 Å². The fourth-order valence-corrected chi connectivity index (χ4v) is 2.11. The molecule has 2 aromatic carbocycles. The third-order valence-electron chi connectivity index (χ3n) is 3.00. The van der Waals surface area contributed by atoms with E-state index >= 15 is 0 Å². The summed E-state index contributed by atoms with van der Waals surface area (Å²) in [6.07, 6.45) is 0. The Bertz CT molecular complexity index is 671. The highest BCUT2D eigenvalue weighted by Crippen LogP contribution is 2.22. The number of nitrogens with zero attached hydrogens (tertiary/aromatic N) is 1. The van der Waals surface area contributed by atoms with Crippen LogP contribution >= 0.6 is 11.6 Å². The summed E-state index contributed by atoms with van der Waals surface area (Å²) in [7, 11) is 1.44. The second-order valence-electron chi connectivity index (χ2n) is 4.61. The maximum atomic E-state index is 13.6. The monoisotopic (exact) mass is 310 g/mol. The predicted octanol–water partition coefficient (Wildman–Crippen LogP) is 3.47. The number of rotatable bonds is 3. The molecule has 0 heterocycles. The van der Waals surface area contributed by atoms with E-state index in [-0.39, 0.29) is 6.54 Å². The molecule has 0 aliphatic heterocycles. The van der Waals surface area contributed by atoms with Crippen LogP contribution in [-0.2, 0) is 6.54 Å². The molecule has 1 amide bonds. The van der Waals surface area contributed by atoms with Gasteiger partial charge in [-0.15, -0.1) is 0 Å². The van der Waals surface area contributed by atoms with Crippen LogP contribution in [0.5, 0.6) is 0 Å². The smallest absolute Gasteiger partial charge is 0.259 e. The van der Waals surface area contributed by atoms with E-state index in [1.54, 1.807) is 18.2 Å². The summed E-state index contributed by atoms with van der Waals surface area (Å²) in [5.41, 5.74) is 6.17. The highest BCUT2D eigenvalue weighted by molar-refractivity contribution is 6.31. The molecule has 2 N–H and O–H groups in total. The van der Waals surface area contributed by atoms with Gasteiger partial charge in [0, 0.05) is 24.3 Å². The number of nitrogens with two attached hydrogens (primary N) is 1. The van der Waals surface area contributed by atoms with Crippen molar-refractivity contribution in [2.45, 2.75) is 6.54 Å². The zero-order valence-electron chi connectivity index (χ0n) is 11.2. The predicted molar refractivity (Wildman–Crippen MR) is 78.0 cm³/mol. The molecule has 2 aromatic rings. The second kappa shape index (κ2) is 6.10. The lowest BCUT2D eigenvalue weighted by Gasteiger charge is -2.19. The van der Waals surface area contributed by atoms with Crippen molar-refractivity contribution >= 4 is 23.2 Å². The number of anilines is 1. The molecule has 21 heavy (non-hydrogen) atoms. The van der Waals surface area contributed by atoms with Gasteiger partial charge in [-0.3, -0.25) is 4.79 Å². The van der Waals surface area contributed by atoms with E-state index in [2.05, 4.69) is 0 Å². The van der Waals surface area contributed by atoms with E-state index in [1.807, 2.05) is 0 Å². The molecule has 0 fully saturated rings. The first-order valence-corrected chi connectivity index (χ1v) is 6.51. The Hall–Kier alpha value is -2.14.